The van der Waals surface area contributed by atoms with Crippen molar-refractivity contribution in [3.05, 3.63) is 5.69 Å². The van der Waals surface area contributed by atoms with Gasteiger partial charge in [0.1, 0.15) is 5.69 Å². The molecule has 0 bridgehead atoms. The minimum atomic E-state index is -3.79. The number of nitrogens with zero attached hydrogens (tertiary/aromatic N) is 2. The van der Waals surface area contributed by atoms with Crippen molar-refractivity contribution in [2.24, 2.45) is 0 Å². The van der Waals surface area contributed by atoms with Crippen LogP contribution in [0.5, 0.6) is 0 Å². The molecule has 56 valence electrons. The van der Waals surface area contributed by atoms with Crippen LogP contribution in [0, 0.1) is 6.92 Å². The van der Waals surface area contributed by atoms with Crippen LogP contribution < -0.4 is 0 Å². The molecule has 0 aliphatic rings. The molecule has 0 amide bonds. The lowest BCUT2D eigenvalue weighted by molar-refractivity contribution is 0.296. The van der Waals surface area contributed by atoms with Gasteiger partial charge in [-0.3, -0.25) is 0 Å². The highest BCUT2D eigenvalue weighted by atomic mass is 35.7. The van der Waals surface area contributed by atoms with E-state index in [0.29, 0.717) is 0 Å². The minimum Gasteiger partial charge on any atom is -0.243 e. The van der Waals surface area contributed by atoms with Crippen molar-refractivity contribution in [2.75, 3.05) is 0 Å². The average Bonchev–Trinajstić information content (AvgIpc) is 2.11. The summed E-state index contributed by atoms with van der Waals surface area (Å²) in [5, 5.41) is 5.99. The lowest BCUT2D eigenvalue weighted by Gasteiger charge is -1.83. The van der Waals surface area contributed by atoms with Crippen molar-refractivity contribution in [1.82, 2.24) is 10.3 Å². The molecule has 5 nitrogen and oxygen atoms in total. The second-order valence-electron chi connectivity index (χ2n) is 1.59. The molecule has 0 fully saturated rings. The highest BCUT2D eigenvalue weighted by molar-refractivity contribution is 8.13. The summed E-state index contributed by atoms with van der Waals surface area (Å²) in [4.78, 5) is 0. The van der Waals surface area contributed by atoms with E-state index in [1.807, 2.05) is 0 Å². The van der Waals surface area contributed by atoms with E-state index in [1.54, 1.807) is 0 Å². The number of aromatic nitrogens is 2. The van der Waals surface area contributed by atoms with Gasteiger partial charge in [0.2, 0.25) is 5.03 Å². The fourth-order valence-corrected chi connectivity index (χ4v) is 1.38. The first kappa shape index (κ1) is 7.49. The van der Waals surface area contributed by atoms with E-state index in [-0.39, 0.29) is 10.7 Å². The third kappa shape index (κ3) is 1.27. The Morgan fingerprint density at radius 2 is 2.10 bits per heavy atom. The maximum Gasteiger partial charge on any atom is 0.284 e. The van der Waals surface area contributed by atoms with Crippen molar-refractivity contribution in [1.29, 1.82) is 0 Å². The van der Waals surface area contributed by atoms with Crippen molar-refractivity contribution in [3.8, 4) is 0 Å². The summed E-state index contributed by atoms with van der Waals surface area (Å²) in [5.41, 5.74) is 0.162. The largest absolute Gasteiger partial charge is 0.284 e. The number of halogens is 1. The SMILES string of the molecule is Cc1nonc1S(=O)(=O)Cl. The van der Waals surface area contributed by atoms with Crippen LogP contribution in [0.1, 0.15) is 5.69 Å². The van der Waals surface area contributed by atoms with Gasteiger partial charge in [0.05, 0.1) is 0 Å². The van der Waals surface area contributed by atoms with E-state index in [0.717, 1.165) is 0 Å². The fraction of sp³-hybridized carbons (Fsp3) is 0.333. The van der Waals surface area contributed by atoms with Crippen molar-refractivity contribution in [3.63, 3.8) is 0 Å². The first-order valence-corrected chi connectivity index (χ1v) is 4.56. The van der Waals surface area contributed by atoms with Gasteiger partial charge in [-0.25, -0.2) is 13.0 Å². The first-order chi connectivity index (χ1) is 4.52. The lowest BCUT2D eigenvalue weighted by Crippen LogP contribution is -1.92. The van der Waals surface area contributed by atoms with Gasteiger partial charge in [-0.2, -0.15) is 0 Å². The van der Waals surface area contributed by atoms with E-state index in [1.165, 1.54) is 6.92 Å². The Bertz CT molecular complexity index is 329. The van der Waals surface area contributed by atoms with Gasteiger partial charge in [0, 0.05) is 10.7 Å². The van der Waals surface area contributed by atoms with Gasteiger partial charge in [-0.1, -0.05) is 5.16 Å². The summed E-state index contributed by atoms with van der Waals surface area (Å²) < 4.78 is 25.1. The molecule has 1 rings (SSSR count). The second kappa shape index (κ2) is 2.21. The predicted octanol–water partition coefficient (Wildman–Crippen LogP) is 0.306. The zero-order valence-electron chi connectivity index (χ0n) is 4.91. The van der Waals surface area contributed by atoms with Crippen LogP contribution in [-0.2, 0) is 9.05 Å². The topological polar surface area (TPSA) is 73.1 Å². The Morgan fingerprint density at radius 3 is 2.30 bits per heavy atom. The van der Waals surface area contributed by atoms with E-state index in [9.17, 15) is 8.42 Å². The first-order valence-electron chi connectivity index (χ1n) is 2.25. The third-order valence-electron chi connectivity index (χ3n) is 0.842. The van der Waals surface area contributed by atoms with Crippen LogP contribution in [0.3, 0.4) is 0 Å². The van der Waals surface area contributed by atoms with E-state index in [4.69, 9.17) is 10.7 Å². The van der Waals surface area contributed by atoms with E-state index in [2.05, 4.69) is 14.9 Å². The highest BCUT2D eigenvalue weighted by Gasteiger charge is 2.18. The van der Waals surface area contributed by atoms with Crippen LogP contribution in [0.15, 0.2) is 9.65 Å². The molecule has 0 atom stereocenters. The number of rotatable bonds is 1. The average molecular weight is 183 g/mol. The zero-order chi connectivity index (χ0) is 7.78. The van der Waals surface area contributed by atoms with Crippen molar-refractivity contribution in [2.45, 2.75) is 11.9 Å². The van der Waals surface area contributed by atoms with Gasteiger partial charge in [-0.05, 0) is 12.1 Å². The van der Waals surface area contributed by atoms with Gasteiger partial charge < -0.3 is 0 Å². The Morgan fingerprint density at radius 1 is 1.50 bits per heavy atom. The molecule has 0 aliphatic carbocycles. The molecule has 1 aromatic heterocycles. The summed E-state index contributed by atoms with van der Waals surface area (Å²) in [6.07, 6.45) is 0. The molecule has 0 aromatic carbocycles. The van der Waals surface area contributed by atoms with Crippen LogP contribution >= 0.6 is 10.7 Å². The van der Waals surface area contributed by atoms with Crippen molar-refractivity contribution >= 4 is 19.7 Å². The maximum absolute atomic E-state index is 10.5. The highest BCUT2D eigenvalue weighted by Crippen LogP contribution is 2.13. The molecule has 0 unspecified atom stereocenters. The normalized spacial score (nSPS) is 11.8. The quantitative estimate of drug-likeness (QED) is 0.585. The van der Waals surface area contributed by atoms with Crippen LogP contribution in [-0.4, -0.2) is 18.7 Å². The maximum atomic E-state index is 10.5. The van der Waals surface area contributed by atoms with Crippen LogP contribution in [0.4, 0.5) is 0 Å². The van der Waals surface area contributed by atoms with Crippen molar-refractivity contribution < 1.29 is 13.0 Å². The Balaban J connectivity index is 3.32. The van der Waals surface area contributed by atoms with Gasteiger partial charge >= 0.3 is 0 Å². The number of hydrogen-bond acceptors (Lipinski definition) is 5. The van der Waals surface area contributed by atoms with Crippen LogP contribution in [0.2, 0.25) is 0 Å². The zero-order valence-corrected chi connectivity index (χ0v) is 6.48. The third-order valence-corrected chi connectivity index (χ3v) is 2.11. The molecule has 0 N–H and O–H groups in total. The lowest BCUT2D eigenvalue weighted by atomic mass is 10.6. The fourth-order valence-electron chi connectivity index (χ4n) is 0.445. The number of aryl methyl sites for hydroxylation is 1. The van der Waals surface area contributed by atoms with Gasteiger partial charge in [0.25, 0.3) is 9.05 Å². The standard InChI is InChI=1S/C3H3ClN2O3S/c1-2-3(6-9-5-2)10(4,7)8/h1H3. The van der Waals surface area contributed by atoms with E-state index >= 15 is 0 Å². The summed E-state index contributed by atoms with van der Waals surface area (Å²) in [6, 6.07) is 0. The van der Waals surface area contributed by atoms with Gasteiger partial charge in [-0.15, -0.1) is 0 Å². The van der Waals surface area contributed by atoms with Gasteiger partial charge in [0.15, 0.2) is 0 Å². The predicted molar refractivity (Wildman–Crippen MR) is 32.1 cm³/mol. The summed E-state index contributed by atoms with van der Waals surface area (Å²) in [6.45, 7) is 1.44. The molecule has 0 aliphatic heterocycles. The molecule has 0 spiro atoms. The monoisotopic (exact) mass is 182 g/mol. The summed E-state index contributed by atoms with van der Waals surface area (Å²) in [7, 11) is 1.13. The van der Waals surface area contributed by atoms with Crippen LogP contribution in [0.25, 0.3) is 0 Å². The molecular weight excluding hydrogens is 180 g/mol. The molecule has 0 radical (unpaired) electrons. The molecule has 7 heteroatoms. The van der Waals surface area contributed by atoms with E-state index < -0.39 is 9.05 Å². The summed E-state index contributed by atoms with van der Waals surface area (Å²) in [5.74, 6) is 0. The second-order valence-corrected chi connectivity index (χ2v) is 4.07. The molecule has 10 heavy (non-hydrogen) atoms. The molecule has 0 saturated carbocycles. The molecule has 1 heterocycles. The number of hydrogen-bond donors (Lipinski definition) is 0. The summed E-state index contributed by atoms with van der Waals surface area (Å²) >= 11 is 0. The molecule has 1 aromatic rings. The Labute approximate surface area is 61.4 Å². The molecule has 0 saturated heterocycles. The Kier molecular flexibility index (Phi) is 1.65. The molecular formula is C3H3ClN2O3S. The minimum absolute atomic E-state index is 0.162. The Hall–Kier alpha value is -0.620. The smallest absolute Gasteiger partial charge is 0.243 e.